The Bertz CT molecular complexity index is 3380. The Hall–Kier alpha value is -7.69. The summed E-state index contributed by atoms with van der Waals surface area (Å²) in [5, 5.41) is 4.43. The largest absolute Gasteiger partial charge is 0.455 e. The van der Waals surface area contributed by atoms with Gasteiger partial charge < -0.3 is 4.42 Å². The van der Waals surface area contributed by atoms with E-state index in [1.807, 2.05) is 18.2 Å². The van der Waals surface area contributed by atoms with Crippen LogP contribution in [-0.2, 0) is 6.42 Å². The first kappa shape index (κ1) is 34.4. The van der Waals surface area contributed by atoms with E-state index in [9.17, 15) is 0 Å². The highest BCUT2D eigenvalue weighted by molar-refractivity contribution is 6.21. The summed E-state index contributed by atoms with van der Waals surface area (Å²) in [6.07, 6.45) is 8.66. The Morgan fingerprint density at radius 1 is 0.467 bits per heavy atom. The molecule has 2 aliphatic rings. The summed E-state index contributed by atoms with van der Waals surface area (Å²) in [4.78, 5) is 15.6. The number of fused-ring (bicyclic) bond motifs is 8. The molecular weight excluding hydrogens is 731 g/mol. The van der Waals surface area contributed by atoms with Crippen LogP contribution in [0.5, 0.6) is 0 Å². The molecule has 10 aromatic rings. The van der Waals surface area contributed by atoms with Gasteiger partial charge in [0, 0.05) is 39.0 Å². The number of allylic oxidation sites excluding steroid dienone is 4. The summed E-state index contributed by atoms with van der Waals surface area (Å²) in [6, 6.07) is 62.4. The summed E-state index contributed by atoms with van der Waals surface area (Å²) in [5.41, 5.74) is 15.8. The average Bonchev–Trinajstić information content (AvgIpc) is 3.90. The van der Waals surface area contributed by atoms with E-state index in [0.717, 1.165) is 79.1 Å². The fourth-order valence-electron chi connectivity index (χ4n) is 9.27. The summed E-state index contributed by atoms with van der Waals surface area (Å²) >= 11 is 0. The molecule has 282 valence electrons. The molecule has 0 spiro atoms. The molecule has 12 rings (SSSR count). The summed E-state index contributed by atoms with van der Waals surface area (Å²) in [7, 11) is 0. The van der Waals surface area contributed by atoms with Crippen LogP contribution in [-0.4, -0.2) is 15.0 Å². The van der Waals surface area contributed by atoms with E-state index >= 15 is 0 Å². The molecule has 1 atom stereocenters. The van der Waals surface area contributed by atoms with E-state index in [4.69, 9.17) is 19.4 Å². The number of hydrogen-bond donors (Lipinski definition) is 0. The Balaban J connectivity index is 0.998. The Kier molecular flexibility index (Phi) is 8.02. The highest BCUT2D eigenvalue weighted by Gasteiger charge is 2.23. The fourth-order valence-corrected chi connectivity index (χ4v) is 9.27. The van der Waals surface area contributed by atoms with Crippen LogP contribution >= 0.6 is 0 Å². The van der Waals surface area contributed by atoms with Gasteiger partial charge in [-0.25, -0.2) is 15.0 Å². The predicted molar refractivity (Wildman–Crippen MR) is 246 cm³/mol. The molecule has 0 fully saturated rings. The van der Waals surface area contributed by atoms with Gasteiger partial charge in [-0.1, -0.05) is 170 Å². The molecule has 0 saturated heterocycles. The molecular formula is C56H37N3O. The Labute approximate surface area is 347 Å². The lowest BCUT2D eigenvalue weighted by molar-refractivity contribution is 0.670. The van der Waals surface area contributed by atoms with Gasteiger partial charge in [0.15, 0.2) is 17.5 Å². The molecule has 4 nitrogen and oxygen atoms in total. The number of benzene rings is 8. The van der Waals surface area contributed by atoms with Gasteiger partial charge in [-0.3, -0.25) is 0 Å². The van der Waals surface area contributed by atoms with Gasteiger partial charge in [-0.05, 0) is 92.4 Å². The minimum atomic E-state index is 0.276. The van der Waals surface area contributed by atoms with Crippen molar-refractivity contribution in [1.82, 2.24) is 15.0 Å². The van der Waals surface area contributed by atoms with Gasteiger partial charge >= 0.3 is 0 Å². The lowest BCUT2D eigenvalue weighted by atomic mass is 9.88. The maximum Gasteiger partial charge on any atom is 0.164 e. The number of hydrogen-bond acceptors (Lipinski definition) is 4. The monoisotopic (exact) mass is 767 g/mol. The minimum absolute atomic E-state index is 0.276. The second-order valence-corrected chi connectivity index (χ2v) is 15.9. The molecule has 0 bridgehead atoms. The summed E-state index contributed by atoms with van der Waals surface area (Å²) in [6.45, 7) is 0. The van der Waals surface area contributed by atoms with Gasteiger partial charge in [0.2, 0.25) is 0 Å². The van der Waals surface area contributed by atoms with E-state index < -0.39 is 0 Å². The molecule has 1 unspecified atom stereocenters. The van der Waals surface area contributed by atoms with Crippen molar-refractivity contribution in [1.29, 1.82) is 0 Å². The third-order valence-electron chi connectivity index (χ3n) is 12.3. The lowest BCUT2D eigenvalue weighted by Crippen LogP contribution is -2.05. The van der Waals surface area contributed by atoms with Gasteiger partial charge in [-0.15, -0.1) is 0 Å². The van der Waals surface area contributed by atoms with Gasteiger partial charge in [0.05, 0.1) is 0 Å². The van der Waals surface area contributed by atoms with Gasteiger partial charge in [0.25, 0.3) is 0 Å². The lowest BCUT2D eigenvalue weighted by Gasteiger charge is -2.18. The van der Waals surface area contributed by atoms with Crippen molar-refractivity contribution < 1.29 is 4.42 Å². The molecule has 2 aliphatic carbocycles. The molecule has 2 aromatic heterocycles. The number of aromatic nitrogens is 3. The fraction of sp³-hybridized carbons (Fsp3) is 0.0536. The van der Waals surface area contributed by atoms with Crippen LogP contribution in [0.15, 0.2) is 199 Å². The van der Waals surface area contributed by atoms with Crippen molar-refractivity contribution in [3.8, 4) is 56.2 Å². The molecule has 0 N–H and O–H groups in total. The third-order valence-corrected chi connectivity index (χ3v) is 12.3. The molecule has 2 heterocycles. The maximum absolute atomic E-state index is 6.81. The third kappa shape index (κ3) is 5.87. The number of nitrogens with zero attached hydrogens (tertiary/aromatic N) is 3. The van der Waals surface area contributed by atoms with E-state index in [1.165, 1.54) is 33.2 Å². The molecule has 60 heavy (non-hydrogen) atoms. The number of furan rings is 1. The zero-order chi connectivity index (χ0) is 39.6. The second-order valence-electron chi connectivity index (χ2n) is 15.9. The second kappa shape index (κ2) is 14.0. The van der Waals surface area contributed by atoms with E-state index in [0.29, 0.717) is 17.5 Å². The molecule has 0 saturated carbocycles. The topological polar surface area (TPSA) is 51.8 Å². The minimum Gasteiger partial charge on any atom is -0.455 e. The van der Waals surface area contributed by atoms with Crippen molar-refractivity contribution in [3.63, 3.8) is 0 Å². The Morgan fingerprint density at radius 2 is 1.18 bits per heavy atom. The van der Waals surface area contributed by atoms with Crippen LogP contribution in [0.4, 0.5) is 0 Å². The summed E-state index contributed by atoms with van der Waals surface area (Å²) in [5.74, 6) is 2.19. The Morgan fingerprint density at radius 3 is 2.03 bits per heavy atom. The predicted octanol–water partition coefficient (Wildman–Crippen LogP) is 14.3. The SMILES string of the molecule is C1=CC(c2ccc3c(c2)Cc2ccccc2-3)CC=C1c1nc(-c2ccccc2)nc(-c2cc(-c3cccc(-c4ccccc4)c3)c3oc4ccc5ccccc5c4c3c2)n1. The van der Waals surface area contributed by atoms with Crippen LogP contribution in [0.1, 0.15) is 34.9 Å². The standard InChI is InChI=1S/C56H37N3O/c1-3-12-35(13-4-1)40-18-11-19-43(30-40)49-33-45(34-50-52-48-21-10-7-14-37(48)27-29-51(52)60-53(49)50)56-58-54(38-15-5-2-6-16-38)57-55(59-56)39-24-22-36(23-25-39)41-26-28-47-44(31-41)32-42-17-8-9-20-46(42)47/h1-22,24-31,33-34,36H,23,32H2. The zero-order valence-electron chi connectivity index (χ0n) is 32.7. The van der Waals surface area contributed by atoms with Crippen LogP contribution < -0.4 is 0 Å². The quantitative estimate of drug-likeness (QED) is 0.169. The zero-order valence-corrected chi connectivity index (χ0v) is 32.7. The first-order valence-electron chi connectivity index (χ1n) is 20.7. The number of rotatable bonds is 6. The van der Waals surface area contributed by atoms with Crippen LogP contribution in [0, 0.1) is 0 Å². The van der Waals surface area contributed by atoms with Gasteiger partial charge in [0.1, 0.15) is 11.2 Å². The van der Waals surface area contributed by atoms with E-state index in [-0.39, 0.29) is 5.92 Å². The first-order valence-corrected chi connectivity index (χ1v) is 20.7. The van der Waals surface area contributed by atoms with E-state index in [2.05, 4.69) is 176 Å². The average molecular weight is 768 g/mol. The van der Waals surface area contributed by atoms with Crippen molar-refractivity contribution in [3.05, 3.63) is 217 Å². The first-order chi connectivity index (χ1) is 29.7. The van der Waals surface area contributed by atoms with E-state index in [1.54, 1.807) is 0 Å². The van der Waals surface area contributed by atoms with Gasteiger partial charge in [-0.2, -0.15) is 0 Å². The summed E-state index contributed by atoms with van der Waals surface area (Å²) < 4.78 is 6.81. The smallest absolute Gasteiger partial charge is 0.164 e. The molecule has 8 aromatic carbocycles. The molecule has 0 amide bonds. The molecule has 4 heteroatoms. The molecule has 0 aliphatic heterocycles. The highest BCUT2D eigenvalue weighted by atomic mass is 16.3. The molecule has 0 radical (unpaired) electrons. The normalized spacial score (nSPS) is 14.4. The highest BCUT2D eigenvalue weighted by Crippen LogP contribution is 2.43. The van der Waals surface area contributed by atoms with Crippen molar-refractivity contribution in [2.24, 2.45) is 0 Å². The van der Waals surface area contributed by atoms with Crippen molar-refractivity contribution in [2.75, 3.05) is 0 Å². The van der Waals surface area contributed by atoms with Crippen molar-refractivity contribution >= 4 is 38.3 Å². The maximum atomic E-state index is 6.81. The van der Waals surface area contributed by atoms with Crippen LogP contribution in [0.2, 0.25) is 0 Å². The van der Waals surface area contributed by atoms with Crippen LogP contribution in [0.3, 0.4) is 0 Å². The van der Waals surface area contributed by atoms with Crippen molar-refractivity contribution in [2.45, 2.75) is 18.8 Å². The van der Waals surface area contributed by atoms with Crippen LogP contribution in [0.25, 0.3) is 94.4 Å².